The molecule has 4 heteroatoms. The van der Waals surface area contributed by atoms with E-state index in [2.05, 4.69) is 68.9 Å². The Labute approximate surface area is 158 Å². The summed E-state index contributed by atoms with van der Waals surface area (Å²) in [6.07, 6.45) is 6.28. The Morgan fingerprint density at radius 1 is 1.04 bits per heavy atom. The van der Waals surface area contributed by atoms with Gasteiger partial charge in [0, 0.05) is 10.0 Å². The van der Waals surface area contributed by atoms with Crippen molar-refractivity contribution in [2.45, 2.75) is 84.5 Å². The minimum atomic E-state index is -1.75. The minimum absolute atomic E-state index is 0.222. The third-order valence-electron chi connectivity index (χ3n) is 4.92. The molecular formula is C20H35BrO2Si. The van der Waals surface area contributed by atoms with Gasteiger partial charge in [-0.3, -0.25) is 0 Å². The molecule has 0 saturated carbocycles. The Kier molecular flexibility index (Phi) is 9.03. The van der Waals surface area contributed by atoms with E-state index in [0.717, 1.165) is 28.8 Å². The van der Waals surface area contributed by atoms with Crippen LogP contribution in [-0.2, 0) is 11.0 Å². The molecule has 0 fully saturated rings. The van der Waals surface area contributed by atoms with E-state index in [1.807, 2.05) is 6.07 Å². The van der Waals surface area contributed by atoms with Crippen LogP contribution < -0.4 is 4.74 Å². The normalized spacial score (nSPS) is 12.5. The van der Waals surface area contributed by atoms with Crippen molar-refractivity contribution in [3.05, 3.63) is 28.2 Å². The van der Waals surface area contributed by atoms with Crippen LogP contribution in [0.25, 0.3) is 0 Å². The van der Waals surface area contributed by atoms with Crippen molar-refractivity contribution < 1.29 is 9.16 Å². The van der Waals surface area contributed by atoms with Crippen LogP contribution in [0.1, 0.15) is 65.4 Å². The molecule has 0 saturated heterocycles. The van der Waals surface area contributed by atoms with E-state index in [-0.39, 0.29) is 5.04 Å². The average Bonchev–Trinajstić information content (AvgIpc) is 2.49. The summed E-state index contributed by atoms with van der Waals surface area (Å²) in [6.45, 7) is 15.1. The highest BCUT2D eigenvalue weighted by molar-refractivity contribution is 9.10. The summed E-state index contributed by atoms with van der Waals surface area (Å²) in [5.74, 6) is 0.965. The Morgan fingerprint density at radius 2 is 1.71 bits per heavy atom. The van der Waals surface area contributed by atoms with Gasteiger partial charge in [-0.25, -0.2) is 0 Å². The van der Waals surface area contributed by atoms with Crippen LogP contribution in [0.5, 0.6) is 5.75 Å². The highest BCUT2D eigenvalue weighted by Crippen LogP contribution is 2.37. The molecule has 138 valence electrons. The highest BCUT2D eigenvalue weighted by atomic mass is 79.9. The smallest absolute Gasteiger partial charge is 0.192 e. The first-order chi connectivity index (χ1) is 11.2. The molecule has 24 heavy (non-hydrogen) atoms. The molecule has 0 amide bonds. The molecule has 0 aliphatic rings. The third-order valence-corrected chi connectivity index (χ3v) is 9.89. The molecule has 0 spiro atoms. The quantitative estimate of drug-likeness (QED) is 0.294. The summed E-state index contributed by atoms with van der Waals surface area (Å²) in [6, 6.07) is 6.22. The predicted octanol–water partition coefficient (Wildman–Crippen LogP) is 7.32. The minimum Gasteiger partial charge on any atom is -0.493 e. The molecule has 0 heterocycles. The second kappa shape index (κ2) is 9.98. The Balaban J connectivity index is 2.61. The Hall–Kier alpha value is -0.323. The molecule has 1 aromatic rings. The van der Waals surface area contributed by atoms with E-state index in [4.69, 9.17) is 9.16 Å². The van der Waals surface area contributed by atoms with Gasteiger partial charge in [-0.2, -0.15) is 0 Å². The van der Waals surface area contributed by atoms with E-state index in [1.54, 1.807) is 0 Å². The number of halogens is 1. The van der Waals surface area contributed by atoms with Crippen molar-refractivity contribution in [1.82, 2.24) is 0 Å². The molecule has 0 N–H and O–H groups in total. The van der Waals surface area contributed by atoms with Crippen LogP contribution >= 0.6 is 15.9 Å². The van der Waals surface area contributed by atoms with Gasteiger partial charge in [0.2, 0.25) is 0 Å². The molecule has 0 radical (unpaired) electrons. The van der Waals surface area contributed by atoms with Crippen LogP contribution in [0.3, 0.4) is 0 Å². The van der Waals surface area contributed by atoms with Crippen molar-refractivity contribution in [3.8, 4) is 5.75 Å². The summed E-state index contributed by atoms with van der Waals surface area (Å²) >= 11 is 3.57. The maximum absolute atomic E-state index is 6.37. The first kappa shape index (κ1) is 21.7. The first-order valence-electron chi connectivity index (χ1n) is 9.22. The zero-order chi connectivity index (χ0) is 18.2. The number of hydrogen-bond acceptors (Lipinski definition) is 2. The van der Waals surface area contributed by atoms with Gasteiger partial charge in [0.15, 0.2) is 8.32 Å². The number of ether oxygens (including phenoxy) is 1. The molecule has 0 atom stereocenters. The summed E-state index contributed by atoms with van der Waals surface area (Å²) in [5.41, 5.74) is 1.14. The SMILES string of the molecule is CCCCCCCOc1ccc(Br)cc1CO[Si](C)(C)C(C)(C)C. The van der Waals surface area contributed by atoms with Gasteiger partial charge >= 0.3 is 0 Å². The second-order valence-electron chi connectivity index (χ2n) is 8.06. The number of benzene rings is 1. The van der Waals surface area contributed by atoms with Gasteiger partial charge in [0.25, 0.3) is 0 Å². The fraction of sp³-hybridized carbons (Fsp3) is 0.700. The monoisotopic (exact) mass is 414 g/mol. The van der Waals surface area contributed by atoms with Crippen molar-refractivity contribution in [2.75, 3.05) is 6.61 Å². The van der Waals surface area contributed by atoms with Crippen molar-refractivity contribution in [3.63, 3.8) is 0 Å². The van der Waals surface area contributed by atoms with Crippen molar-refractivity contribution >= 4 is 24.2 Å². The van der Waals surface area contributed by atoms with Crippen LogP contribution in [0, 0.1) is 0 Å². The van der Waals surface area contributed by atoms with Crippen LogP contribution in [0.4, 0.5) is 0 Å². The third kappa shape index (κ3) is 7.28. The lowest BCUT2D eigenvalue weighted by molar-refractivity contribution is 0.258. The van der Waals surface area contributed by atoms with E-state index in [9.17, 15) is 0 Å². The molecule has 0 aliphatic heterocycles. The number of rotatable bonds is 10. The largest absolute Gasteiger partial charge is 0.493 e. The van der Waals surface area contributed by atoms with E-state index in [1.165, 1.54) is 25.7 Å². The summed E-state index contributed by atoms with van der Waals surface area (Å²) < 4.78 is 13.5. The zero-order valence-corrected chi connectivity index (χ0v) is 19.0. The average molecular weight is 415 g/mol. The van der Waals surface area contributed by atoms with Gasteiger partial charge in [-0.05, 0) is 42.8 Å². The van der Waals surface area contributed by atoms with Crippen LogP contribution in [-0.4, -0.2) is 14.9 Å². The number of unbranched alkanes of at least 4 members (excludes halogenated alkanes) is 4. The highest BCUT2D eigenvalue weighted by Gasteiger charge is 2.37. The fourth-order valence-corrected chi connectivity index (χ4v) is 3.52. The molecule has 0 bridgehead atoms. The van der Waals surface area contributed by atoms with E-state index < -0.39 is 8.32 Å². The molecule has 0 unspecified atom stereocenters. The summed E-state index contributed by atoms with van der Waals surface area (Å²) in [4.78, 5) is 0. The first-order valence-corrected chi connectivity index (χ1v) is 12.9. The molecule has 0 aromatic heterocycles. The summed E-state index contributed by atoms with van der Waals surface area (Å²) in [7, 11) is -1.75. The molecule has 0 aliphatic carbocycles. The lowest BCUT2D eigenvalue weighted by atomic mass is 10.1. The standard InChI is InChI=1S/C20H35BrO2Si/c1-7-8-9-10-11-14-22-19-13-12-18(21)15-17(19)16-23-24(5,6)20(2,3)4/h12-13,15H,7-11,14,16H2,1-6H3. The second-order valence-corrected chi connectivity index (χ2v) is 13.8. The molecule has 1 rings (SSSR count). The predicted molar refractivity (Wildman–Crippen MR) is 110 cm³/mol. The van der Waals surface area contributed by atoms with E-state index in [0.29, 0.717) is 6.61 Å². The van der Waals surface area contributed by atoms with Crippen molar-refractivity contribution in [2.24, 2.45) is 0 Å². The van der Waals surface area contributed by atoms with Crippen LogP contribution in [0.2, 0.25) is 18.1 Å². The van der Waals surface area contributed by atoms with Gasteiger partial charge in [-0.15, -0.1) is 0 Å². The summed E-state index contributed by atoms with van der Waals surface area (Å²) in [5, 5.41) is 0.222. The zero-order valence-electron chi connectivity index (χ0n) is 16.4. The van der Waals surface area contributed by atoms with Gasteiger partial charge in [0.05, 0.1) is 13.2 Å². The molecular weight excluding hydrogens is 380 g/mol. The van der Waals surface area contributed by atoms with Gasteiger partial charge < -0.3 is 9.16 Å². The lowest BCUT2D eigenvalue weighted by Gasteiger charge is -2.36. The Bertz CT molecular complexity index is 495. The maximum atomic E-state index is 6.37. The molecule has 2 nitrogen and oxygen atoms in total. The molecule has 1 aromatic carbocycles. The van der Waals surface area contributed by atoms with Gasteiger partial charge in [0.1, 0.15) is 5.75 Å². The van der Waals surface area contributed by atoms with Crippen molar-refractivity contribution in [1.29, 1.82) is 0 Å². The Morgan fingerprint density at radius 3 is 2.33 bits per heavy atom. The maximum Gasteiger partial charge on any atom is 0.192 e. The van der Waals surface area contributed by atoms with Crippen LogP contribution in [0.15, 0.2) is 22.7 Å². The van der Waals surface area contributed by atoms with Gasteiger partial charge in [-0.1, -0.05) is 69.3 Å². The number of hydrogen-bond donors (Lipinski definition) is 0. The lowest BCUT2D eigenvalue weighted by Crippen LogP contribution is -2.40. The fourth-order valence-electron chi connectivity index (χ4n) is 2.16. The topological polar surface area (TPSA) is 18.5 Å². The van der Waals surface area contributed by atoms with E-state index >= 15 is 0 Å².